The van der Waals surface area contributed by atoms with Gasteiger partial charge < -0.3 is 9.64 Å². The molecule has 2 heterocycles. The Morgan fingerprint density at radius 3 is 2.80 bits per heavy atom. The number of piperidine rings is 1. The predicted molar refractivity (Wildman–Crippen MR) is 62.1 cm³/mol. The van der Waals surface area contributed by atoms with E-state index in [1.807, 2.05) is 11.8 Å². The van der Waals surface area contributed by atoms with Gasteiger partial charge in [0.2, 0.25) is 0 Å². The summed E-state index contributed by atoms with van der Waals surface area (Å²) < 4.78 is 5.61. The van der Waals surface area contributed by atoms with Gasteiger partial charge in [-0.3, -0.25) is 4.79 Å². The number of hydrogen-bond donors (Lipinski definition) is 0. The van der Waals surface area contributed by atoms with Gasteiger partial charge in [-0.15, -0.1) is 0 Å². The Labute approximate surface area is 99.3 Å². The van der Waals surface area contributed by atoms with Gasteiger partial charge in [0.05, 0.1) is 6.10 Å². The highest BCUT2D eigenvalue weighted by molar-refractivity contribution is 9.09. The summed E-state index contributed by atoms with van der Waals surface area (Å²) in [6.45, 7) is 3.78. The summed E-state index contributed by atoms with van der Waals surface area (Å²) in [5.74, 6) is 0.198. The molecule has 2 saturated heterocycles. The van der Waals surface area contributed by atoms with E-state index in [0.29, 0.717) is 4.83 Å². The Morgan fingerprint density at radius 1 is 1.40 bits per heavy atom. The lowest BCUT2D eigenvalue weighted by Gasteiger charge is -2.31. The molecule has 2 aliphatic rings. The smallest absolute Gasteiger partial charge is 0.251 e. The van der Waals surface area contributed by atoms with Gasteiger partial charge in [-0.25, -0.2) is 0 Å². The van der Waals surface area contributed by atoms with Crippen molar-refractivity contribution in [2.75, 3.05) is 13.1 Å². The van der Waals surface area contributed by atoms with Gasteiger partial charge in [0, 0.05) is 17.9 Å². The van der Waals surface area contributed by atoms with Crippen molar-refractivity contribution < 1.29 is 9.53 Å². The van der Waals surface area contributed by atoms with E-state index >= 15 is 0 Å². The molecule has 0 aromatic carbocycles. The van der Waals surface area contributed by atoms with E-state index in [9.17, 15) is 4.79 Å². The van der Waals surface area contributed by atoms with E-state index in [1.165, 1.54) is 6.42 Å². The van der Waals surface area contributed by atoms with Crippen LogP contribution in [0.5, 0.6) is 0 Å². The number of carbonyl (C=O) groups is 1. The molecule has 1 amide bonds. The van der Waals surface area contributed by atoms with E-state index in [-0.39, 0.29) is 18.1 Å². The molecule has 0 aromatic heterocycles. The molecule has 0 saturated carbocycles. The molecular formula is C11H18BrNO2. The van der Waals surface area contributed by atoms with Gasteiger partial charge in [0.1, 0.15) is 6.10 Å². The fraction of sp³-hybridized carbons (Fsp3) is 0.909. The van der Waals surface area contributed by atoms with Crippen LogP contribution in [0.2, 0.25) is 0 Å². The minimum absolute atomic E-state index is 0.169. The number of rotatable bonds is 1. The molecule has 0 aliphatic carbocycles. The summed E-state index contributed by atoms with van der Waals surface area (Å²) in [5, 5.41) is 0. The third kappa shape index (κ3) is 2.72. The van der Waals surface area contributed by atoms with Crippen LogP contribution in [-0.4, -0.2) is 40.9 Å². The zero-order valence-electron chi connectivity index (χ0n) is 9.12. The van der Waals surface area contributed by atoms with Crippen LogP contribution in [0.4, 0.5) is 0 Å². The standard InChI is InChI=1S/C11H18BrNO2/c1-8-4-5-10(15-8)11(14)13-6-2-3-9(12)7-13/h8-10H,2-7H2,1H3. The van der Waals surface area contributed by atoms with Gasteiger partial charge >= 0.3 is 0 Å². The lowest BCUT2D eigenvalue weighted by Crippen LogP contribution is -2.45. The lowest BCUT2D eigenvalue weighted by atomic mass is 10.1. The highest BCUT2D eigenvalue weighted by Gasteiger charge is 2.33. The monoisotopic (exact) mass is 275 g/mol. The summed E-state index contributed by atoms with van der Waals surface area (Å²) in [7, 11) is 0. The maximum atomic E-state index is 12.1. The second kappa shape index (κ2) is 4.83. The molecule has 0 aromatic rings. The average Bonchev–Trinajstić information content (AvgIpc) is 2.64. The predicted octanol–water partition coefficient (Wildman–Crippen LogP) is 1.94. The third-order valence-corrected chi connectivity index (χ3v) is 3.93. The Balaban J connectivity index is 1.89. The molecule has 3 unspecified atom stereocenters. The molecule has 0 bridgehead atoms. The van der Waals surface area contributed by atoms with Crippen LogP contribution in [0.25, 0.3) is 0 Å². The summed E-state index contributed by atoms with van der Waals surface area (Å²) >= 11 is 3.58. The normalized spacial score (nSPS) is 36.9. The highest BCUT2D eigenvalue weighted by atomic mass is 79.9. The minimum Gasteiger partial charge on any atom is -0.365 e. The molecule has 4 heteroatoms. The third-order valence-electron chi connectivity index (χ3n) is 3.18. The van der Waals surface area contributed by atoms with Crippen LogP contribution in [0.1, 0.15) is 32.6 Å². The summed E-state index contributed by atoms with van der Waals surface area (Å²) in [6, 6.07) is 0. The van der Waals surface area contributed by atoms with E-state index in [4.69, 9.17) is 4.74 Å². The van der Waals surface area contributed by atoms with Crippen LogP contribution < -0.4 is 0 Å². The number of likely N-dealkylation sites (tertiary alicyclic amines) is 1. The van der Waals surface area contributed by atoms with Crippen molar-refractivity contribution in [3.63, 3.8) is 0 Å². The van der Waals surface area contributed by atoms with Crippen molar-refractivity contribution in [2.24, 2.45) is 0 Å². The van der Waals surface area contributed by atoms with Crippen molar-refractivity contribution in [1.82, 2.24) is 4.90 Å². The van der Waals surface area contributed by atoms with E-state index in [2.05, 4.69) is 15.9 Å². The summed E-state index contributed by atoms with van der Waals surface area (Å²) in [5.41, 5.74) is 0. The van der Waals surface area contributed by atoms with Gasteiger partial charge in [-0.05, 0) is 32.6 Å². The van der Waals surface area contributed by atoms with Crippen LogP contribution in [0.15, 0.2) is 0 Å². The van der Waals surface area contributed by atoms with Crippen molar-refractivity contribution in [3.8, 4) is 0 Å². The number of amides is 1. The van der Waals surface area contributed by atoms with Gasteiger partial charge in [0.15, 0.2) is 0 Å². The SMILES string of the molecule is CC1CCC(C(=O)N2CCCC(Br)C2)O1. The molecule has 0 radical (unpaired) electrons. The van der Waals surface area contributed by atoms with Crippen molar-refractivity contribution >= 4 is 21.8 Å². The Morgan fingerprint density at radius 2 is 2.20 bits per heavy atom. The Kier molecular flexibility index (Phi) is 3.67. The van der Waals surface area contributed by atoms with Crippen LogP contribution >= 0.6 is 15.9 Å². The van der Waals surface area contributed by atoms with Crippen molar-refractivity contribution in [1.29, 1.82) is 0 Å². The zero-order valence-corrected chi connectivity index (χ0v) is 10.7. The average molecular weight is 276 g/mol. The molecule has 86 valence electrons. The number of alkyl halides is 1. The first-order valence-corrected chi connectivity index (χ1v) is 6.66. The summed E-state index contributed by atoms with van der Waals surface area (Å²) in [4.78, 5) is 14.5. The van der Waals surface area contributed by atoms with E-state index in [1.54, 1.807) is 0 Å². The number of ether oxygens (including phenoxy) is 1. The van der Waals surface area contributed by atoms with Crippen LogP contribution in [0.3, 0.4) is 0 Å². The van der Waals surface area contributed by atoms with E-state index < -0.39 is 0 Å². The number of hydrogen-bond acceptors (Lipinski definition) is 2. The molecule has 0 N–H and O–H groups in total. The molecule has 2 aliphatic heterocycles. The number of nitrogens with zero attached hydrogens (tertiary/aromatic N) is 1. The molecule has 2 fully saturated rings. The van der Waals surface area contributed by atoms with Gasteiger partial charge in [-0.1, -0.05) is 15.9 Å². The first-order valence-electron chi connectivity index (χ1n) is 5.75. The number of carbonyl (C=O) groups excluding carboxylic acids is 1. The fourth-order valence-electron chi connectivity index (χ4n) is 2.31. The second-order valence-electron chi connectivity index (χ2n) is 4.54. The largest absolute Gasteiger partial charge is 0.365 e. The first-order chi connectivity index (χ1) is 7.16. The highest BCUT2D eigenvalue weighted by Crippen LogP contribution is 2.23. The quantitative estimate of drug-likeness (QED) is 0.685. The van der Waals surface area contributed by atoms with Crippen LogP contribution in [-0.2, 0) is 9.53 Å². The van der Waals surface area contributed by atoms with Gasteiger partial charge in [-0.2, -0.15) is 0 Å². The zero-order chi connectivity index (χ0) is 10.8. The first kappa shape index (κ1) is 11.4. The maximum Gasteiger partial charge on any atom is 0.251 e. The lowest BCUT2D eigenvalue weighted by molar-refractivity contribution is -0.143. The fourth-order valence-corrected chi connectivity index (χ4v) is 2.99. The Bertz CT molecular complexity index is 247. The van der Waals surface area contributed by atoms with Crippen LogP contribution in [0, 0.1) is 0 Å². The Hall–Kier alpha value is -0.0900. The van der Waals surface area contributed by atoms with E-state index in [0.717, 1.165) is 32.4 Å². The molecule has 2 rings (SSSR count). The maximum absolute atomic E-state index is 12.1. The molecule has 3 atom stereocenters. The van der Waals surface area contributed by atoms with Crippen molar-refractivity contribution in [3.05, 3.63) is 0 Å². The molecule has 3 nitrogen and oxygen atoms in total. The second-order valence-corrected chi connectivity index (χ2v) is 5.83. The van der Waals surface area contributed by atoms with Gasteiger partial charge in [0.25, 0.3) is 5.91 Å². The molecule has 15 heavy (non-hydrogen) atoms. The number of halogens is 1. The molecule has 0 spiro atoms. The topological polar surface area (TPSA) is 29.5 Å². The molecular weight excluding hydrogens is 258 g/mol. The van der Waals surface area contributed by atoms with Crippen molar-refractivity contribution in [2.45, 2.75) is 49.6 Å². The minimum atomic E-state index is -0.169. The summed E-state index contributed by atoms with van der Waals surface area (Å²) in [6.07, 6.45) is 4.27.